The number of carbonyl (C=O) groups excluding carboxylic acids is 2. The third kappa shape index (κ3) is 3.75. The van der Waals surface area contributed by atoms with Crippen molar-refractivity contribution in [1.29, 1.82) is 0 Å². The van der Waals surface area contributed by atoms with Crippen LogP contribution < -0.4 is 5.32 Å². The van der Waals surface area contributed by atoms with Crippen molar-refractivity contribution in [2.75, 3.05) is 12.4 Å². The van der Waals surface area contributed by atoms with Gasteiger partial charge in [-0.1, -0.05) is 23.7 Å². The molecule has 1 aliphatic rings. The molecule has 1 amide bonds. The van der Waals surface area contributed by atoms with E-state index in [1.807, 2.05) is 0 Å². The van der Waals surface area contributed by atoms with Gasteiger partial charge in [0.15, 0.2) is 0 Å². The Hall–Kier alpha value is -2.73. The molecular weight excluding hydrogens is 359 g/mol. The minimum absolute atomic E-state index is 0.0275. The summed E-state index contributed by atoms with van der Waals surface area (Å²) in [6, 6.07) is 10.2. The molecule has 0 aliphatic carbocycles. The van der Waals surface area contributed by atoms with E-state index < -0.39 is 17.8 Å². The van der Waals surface area contributed by atoms with Gasteiger partial charge in [0, 0.05) is 22.6 Å². The molecule has 26 heavy (non-hydrogen) atoms. The lowest BCUT2D eigenvalue weighted by Crippen LogP contribution is -2.26. The number of aliphatic imine (C=N–C) groups is 1. The molecule has 0 fully saturated rings. The summed E-state index contributed by atoms with van der Waals surface area (Å²) in [6.45, 7) is 0. The molecule has 134 valence electrons. The van der Waals surface area contributed by atoms with Crippen molar-refractivity contribution in [3.8, 4) is 0 Å². The highest BCUT2D eigenvalue weighted by Gasteiger charge is 2.27. The van der Waals surface area contributed by atoms with Crippen LogP contribution in [0.5, 0.6) is 0 Å². The highest BCUT2D eigenvalue weighted by Crippen LogP contribution is 2.28. The molecule has 0 spiro atoms. The number of amides is 1. The monoisotopic (exact) mass is 374 g/mol. The maximum Gasteiger partial charge on any atom is 0.305 e. The van der Waals surface area contributed by atoms with Gasteiger partial charge in [-0.05, 0) is 36.8 Å². The number of hydrogen-bond acceptors (Lipinski definition) is 4. The van der Waals surface area contributed by atoms with E-state index in [1.54, 1.807) is 36.4 Å². The van der Waals surface area contributed by atoms with E-state index >= 15 is 0 Å². The fourth-order valence-corrected chi connectivity index (χ4v) is 2.91. The molecule has 0 saturated carbocycles. The van der Waals surface area contributed by atoms with E-state index in [0.717, 1.165) is 0 Å². The molecule has 7 heteroatoms. The predicted molar refractivity (Wildman–Crippen MR) is 97.2 cm³/mol. The first kappa shape index (κ1) is 18.1. The molecule has 2 aromatic carbocycles. The van der Waals surface area contributed by atoms with Crippen LogP contribution in [0.3, 0.4) is 0 Å². The number of ether oxygens (including phenoxy) is 1. The van der Waals surface area contributed by atoms with Gasteiger partial charge in [-0.25, -0.2) is 4.39 Å². The molecule has 0 bridgehead atoms. The standard InChI is InChI=1S/C19H16ClFN2O3/c1-26-17(24)9-8-16-19(25)23-15-7-6-11(20)10-13(15)18(22-16)12-4-2-3-5-14(12)21/h2-7,10,16H,8-9H2,1H3,(H,23,25)/t16-/m1/s1. The molecular formula is C19H16ClFN2O3. The minimum atomic E-state index is -0.852. The number of esters is 1. The molecule has 0 aromatic heterocycles. The Bertz CT molecular complexity index is 898. The average Bonchev–Trinajstić information content (AvgIpc) is 2.76. The van der Waals surface area contributed by atoms with Crippen molar-refractivity contribution in [3.05, 3.63) is 64.4 Å². The van der Waals surface area contributed by atoms with Gasteiger partial charge in [0.05, 0.1) is 18.5 Å². The topological polar surface area (TPSA) is 67.8 Å². The Balaban J connectivity index is 2.10. The molecule has 0 radical (unpaired) electrons. The third-order valence-electron chi connectivity index (χ3n) is 4.06. The van der Waals surface area contributed by atoms with Crippen LogP contribution in [0.1, 0.15) is 24.0 Å². The lowest BCUT2D eigenvalue weighted by Gasteiger charge is -2.11. The average molecular weight is 375 g/mol. The predicted octanol–water partition coefficient (Wildman–Crippen LogP) is 3.59. The van der Waals surface area contributed by atoms with E-state index in [4.69, 9.17) is 11.6 Å². The first-order chi connectivity index (χ1) is 12.5. The van der Waals surface area contributed by atoms with Crippen molar-refractivity contribution in [1.82, 2.24) is 0 Å². The number of methoxy groups -OCH3 is 1. The summed E-state index contributed by atoms with van der Waals surface area (Å²) < 4.78 is 19.0. The summed E-state index contributed by atoms with van der Waals surface area (Å²) in [5.41, 5.74) is 1.59. The van der Waals surface area contributed by atoms with Crippen LogP contribution in [0.15, 0.2) is 47.5 Å². The van der Waals surface area contributed by atoms with Crippen molar-refractivity contribution in [3.63, 3.8) is 0 Å². The quantitative estimate of drug-likeness (QED) is 0.831. The van der Waals surface area contributed by atoms with Crippen LogP contribution in [-0.4, -0.2) is 30.7 Å². The first-order valence-electron chi connectivity index (χ1n) is 8.00. The van der Waals surface area contributed by atoms with Gasteiger partial charge in [-0.2, -0.15) is 0 Å². The molecule has 1 heterocycles. The number of benzodiazepines with no additional fused rings is 1. The Labute approximate surface area is 154 Å². The van der Waals surface area contributed by atoms with E-state index in [2.05, 4.69) is 15.0 Å². The SMILES string of the molecule is COC(=O)CC[C@H]1N=C(c2ccccc2F)c2cc(Cl)ccc2NC1=O. The van der Waals surface area contributed by atoms with Gasteiger partial charge in [0.1, 0.15) is 11.9 Å². The second-order valence-corrected chi connectivity index (χ2v) is 6.20. The van der Waals surface area contributed by atoms with Crippen LogP contribution in [0, 0.1) is 5.82 Å². The lowest BCUT2D eigenvalue weighted by molar-refractivity contribution is -0.140. The molecule has 0 saturated heterocycles. The summed E-state index contributed by atoms with van der Waals surface area (Å²) in [4.78, 5) is 28.4. The van der Waals surface area contributed by atoms with Crippen molar-refractivity contribution < 1.29 is 18.7 Å². The molecule has 3 rings (SSSR count). The Morgan fingerprint density at radius 3 is 2.77 bits per heavy atom. The Morgan fingerprint density at radius 2 is 2.04 bits per heavy atom. The van der Waals surface area contributed by atoms with E-state index in [0.29, 0.717) is 22.0 Å². The maximum atomic E-state index is 14.4. The van der Waals surface area contributed by atoms with Crippen LogP contribution >= 0.6 is 11.6 Å². The van der Waals surface area contributed by atoms with E-state index in [1.165, 1.54) is 13.2 Å². The van der Waals surface area contributed by atoms with Gasteiger partial charge < -0.3 is 10.1 Å². The van der Waals surface area contributed by atoms with Crippen LogP contribution in [0.25, 0.3) is 0 Å². The maximum absolute atomic E-state index is 14.4. The zero-order valence-electron chi connectivity index (χ0n) is 14.0. The smallest absolute Gasteiger partial charge is 0.305 e. The van der Waals surface area contributed by atoms with Crippen LogP contribution in [0.4, 0.5) is 10.1 Å². The van der Waals surface area contributed by atoms with E-state index in [9.17, 15) is 14.0 Å². The zero-order chi connectivity index (χ0) is 18.7. The van der Waals surface area contributed by atoms with Gasteiger partial charge in [0.2, 0.25) is 5.91 Å². The minimum Gasteiger partial charge on any atom is -0.469 e. The number of benzene rings is 2. The lowest BCUT2D eigenvalue weighted by atomic mass is 10.00. The zero-order valence-corrected chi connectivity index (χ0v) is 14.7. The Morgan fingerprint density at radius 1 is 1.27 bits per heavy atom. The molecule has 1 atom stereocenters. The normalized spacial score (nSPS) is 16.2. The summed E-state index contributed by atoms with van der Waals surface area (Å²) >= 11 is 6.09. The molecule has 1 aliphatic heterocycles. The summed E-state index contributed by atoms with van der Waals surface area (Å²) in [5, 5.41) is 3.21. The molecule has 0 unspecified atom stereocenters. The van der Waals surface area contributed by atoms with Crippen molar-refractivity contribution >= 4 is 34.9 Å². The fourth-order valence-electron chi connectivity index (χ4n) is 2.74. The second-order valence-electron chi connectivity index (χ2n) is 5.77. The fraction of sp³-hybridized carbons (Fsp3) is 0.211. The van der Waals surface area contributed by atoms with Crippen LogP contribution in [0.2, 0.25) is 5.02 Å². The highest BCUT2D eigenvalue weighted by molar-refractivity contribution is 6.32. The van der Waals surface area contributed by atoms with Crippen LogP contribution in [-0.2, 0) is 14.3 Å². The number of carbonyl (C=O) groups is 2. The number of fused-ring (bicyclic) bond motifs is 1. The third-order valence-corrected chi connectivity index (χ3v) is 4.30. The number of anilines is 1. The van der Waals surface area contributed by atoms with Gasteiger partial charge in [0.25, 0.3) is 0 Å². The summed E-state index contributed by atoms with van der Waals surface area (Å²) in [6.07, 6.45) is 0.178. The highest BCUT2D eigenvalue weighted by atomic mass is 35.5. The largest absolute Gasteiger partial charge is 0.469 e. The number of nitrogens with zero attached hydrogens (tertiary/aromatic N) is 1. The van der Waals surface area contributed by atoms with Gasteiger partial charge in [-0.3, -0.25) is 14.6 Å². The number of hydrogen-bond donors (Lipinski definition) is 1. The first-order valence-corrected chi connectivity index (χ1v) is 8.37. The van der Waals surface area contributed by atoms with Crippen molar-refractivity contribution in [2.45, 2.75) is 18.9 Å². The number of rotatable bonds is 4. The summed E-state index contributed by atoms with van der Waals surface area (Å²) in [5.74, 6) is -1.27. The number of nitrogens with one attached hydrogen (secondary N) is 1. The molecule has 2 aromatic rings. The molecule has 1 N–H and O–H groups in total. The van der Waals surface area contributed by atoms with Crippen molar-refractivity contribution in [2.24, 2.45) is 4.99 Å². The van der Waals surface area contributed by atoms with Gasteiger partial charge in [-0.15, -0.1) is 0 Å². The van der Waals surface area contributed by atoms with Gasteiger partial charge >= 0.3 is 5.97 Å². The Kier molecular flexibility index (Phi) is 5.32. The van der Waals surface area contributed by atoms with E-state index in [-0.39, 0.29) is 24.3 Å². The number of halogens is 2. The summed E-state index contributed by atoms with van der Waals surface area (Å²) in [7, 11) is 1.28. The molecule has 5 nitrogen and oxygen atoms in total. The second kappa shape index (κ2) is 7.66.